The minimum atomic E-state index is -4.67. The number of alkyl halides is 3. The van der Waals surface area contributed by atoms with Crippen LogP contribution in [0.4, 0.5) is 13.2 Å². The van der Waals surface area contributed by atoms with Gasteiger partial charge in [-0.25, -0.2) is 4.79 Å². The summed E-state index contributed by atoms with van der Waals surface area (Å²) in [6, 6.07) is 6.48. The van der Waals surface area contributed by atoms with Crippen molar-refractivity contribution in [3.63, 3.8) is 0 Å². The fourth-order valence-corrected chi connectivity index (χ4v) is 2.55. The minimum absolute atomic E-state index is 0.0321. The number of benzene rings is 1. The van der Waals surface area contributed by atoms with Gasteiger partial charge in [-0.2, -0.15) is 18.4 Å². The van der Waals surface area contributed by atoms with Crippen LogP contribution in [0.2, 0.25) is 0 Å². The maximum Gasteiger partial charge on any atom is 0.416 e. The molecule has 0 radical (unpaired) electrons. The molecule has 1 aliphatic heterocycles. The number of nitrogens with two attached hydrogens (primary N) is 1. The van der Waals surface area contributed by atoms with E-state index in [2.05, 4.69) is 4.74 Å². The third-order valence-electron chi connectivity index (χ3n) is 3.59. The van der Waals surface area contributed by atoms with Gasteiger partial charge in [0.05, 0.1) is 30.2 Å². The number of hydrogen-bond acceptors (Lipinski definition) is 5. The third kappa shape index (κ3) is 2.93. The average Bonchev–Trinajstić information content (AvgIpc) is 2.52. The summed E-state index contributed by atoms with van der Waals surface area (Å²) in [4.78, 5) is 12.0. The number of carbonyl (C=O) groups excluding carboxylic acids is 1. The van der Waals surface area contributed by atoms with Crippen LogP contribution in [-0.2, 0) is 20.4 Å². The topological polar surface area (TPSA) is 85.3 Å². The quantitative estimate of drug-likeness (QED) is 0.838. The number of halogens is 3. The van der Waals surface area contributed by atoms with E-state index in [1.807, 2.05) is 0 Å². The predicted octanol–water partition coefficient (Wildman–Crippen LogP) is 2.96. The number of rotatable bonds is 2. The van der Waals surface area contributed by atoms with Gasteiger partial charge in [-0.3, -0.25) is 0 Å². The van der Waals surface area contributed by atoms with E-state index >= 15 is 0 Å². The summed E-state index contributed by atoms with van der Waals surface area (Å²) >= 11 is 0. The van der Waals surface area contributed by atoms with Gasteiger partial charge in [-0.05, 0) is 18.6 Å². The molecular weight excluding hydrogens is 325 g/mol. The fourth-order valence-electron chi connectivity index (χ4n) is 2.55. The van der Waals surface area contributed by atoms with Gasteiger partial charge in [0.15, 0.2) is 0 Å². The van der Waals surface area contributed by atoms with Crippen LogP contribution in [0.25, 0.3) is 0 Å². The highest BCUT2D eigenvalue weighted by Gasteiger charge is 2.42. The van der Waals surface area contributed by atoms with Crippen LogP contribution in [0.3, 0.4) is 0 Å². The van der Waals surface area contributed by atoms with Gasteiger partial charge < -0.3 is 15.2 Å². The first-order valence-corrected chi connectivity index (χ1v) is 6.75. The zero-order chi connectivity index (χ0) is 18.1. The normalized spacial score (nSPS) is 18.1. The van der Waals surface area contributed by atoms with E-state index < -0.39 is 23.6 Å². The van der Waals surface area contributed by atoms with Gasteiger partial charge in [0.25, 0.3) is 0 Å². The van der Waals surface area contributed by atoms with Gasteiger partial charge in [0.1, 0.15) is 11.3 Å². The summed E-state index contributed by atoms with van der Waals surface area (Å²) in [6.45, 7) is 1.39. The van der Waals surface area contributed by atoms with E-state index in [0.29, 0.717) is 0 Å². The first-order chi connectivity index (χ1) is 11.2. The number of nitrogens with zero attached hydrogens (tertiary/aromatic N) is 1. The second kappa shape index (κ2) is 6.28. The van der Waals surface area contributed by atoms with Crippen molar-refractivity contribution in [2.45, 2.75) is 19.0 Å². The molecule has 1 aliphatic rings. The second-order valence-corrected chi connectivity index (χ2v) is 4.97. The number of ether oxygens (including phenoxy) is 2. The van der Waals surface area contributed by atoms with Crippen molar-refractivity contribution in [2.24, 2.45) is 5.73 Å². The number of nitriles is 1. The van der Waals surface area contributed by atoms with E-state index in [1.54, 1.807) is 6.07 Å². The molecule has 1 atom stereocenters. The SMILES string of the molecule is COC(=O)C1=C(N)OC(C)=C(C#N)C1c1ccccc1C(F)(F)F. The third-order valence-corrected chi connectivity index (χ3v) is 3.59. The molecule has 0 aromatic heterocycles. The molecule has 0 saturated heterocycles. The highest BCUT2D eigenvalue weighted by molar-refractivity contribution is 5.92. The van der Waals surface area contributed by atoms with Crippen LogP contribution in [0.5, 0.6) is 0 Å². The Kier molecular flexibility index (Phi) is 4.55. The number of carbonyl (C=O) groups is 1. The zero-order valence-corrected chi connectivity index (χ0v) is 12.8. The molecule has 0 saturated carbocycles. The lowest BCUT2D eigenvalue weighted by molar-refractivity contribution is -0.139. The molecule has 8 heteroatoms. The summed E-state index contributed by atoms with van der Waals surface area (Å²) in [5, 5.41) is 9.36. The molecule has 2 N–H and O–H groups in total. The Labute approximate surface area is 135 Å². The van der Waals surface area contributed by atoms with Crippen molar-refractivity contribution in [1.82, 2.24) is 0 Å². The molecule has 0 bridgehead atoms. The Hall–Kier alpha value is -2.95. The molecule has 1 aromatic carbocycles. The Bertz CT molecular complexity index is 788. The van der Waals surface area contributed by atoms with Crippen LogP contribution < -0.4 is 5.73 Å². The Morgan fingerprint density at radius 2 is 2.00 bits per heavy atom. The molecule has 0 amide bonds. The highest BCUT2D eigenvalue weighted by Crippen LogP contribution is 2.44. The van der Waals surface area contributed by atoms with Gasteiger partial charge in [0, 0.05) is 0 Å². The van der Waals surface area contributed by atoms with Crippen molar-refractivity contribution >= 4 is 5.97 Å². The lowest BCUT2D eigenvalue weighted by atomic mass is 9.81. The van der Waals surface area contributed by atoms with E-state index in [9.17, 15) is 23.2 Å². The standard InChI is InChI=1S/C16H13F3N2O3/c1-8-10(7-20)12(13(14(21)24-8)15(22)23-2)9-5-3-4-6-11(9)16(17,18)19/h3-6,12H,21H2,1-2H3. The molecule has 24 heavy (non-hydrogen) atoms. The van der Waals surface area contributed by atoms with Crippen molar-refractivity contribution in [3.05, 3.63) is 58.2 Å². The molecular formula is C16H13F3N2O3. The van der Waals surface area contributed by atoms with Crippen LogP contribution in [-0.4, -0.2) is 13.1 Å². The van der Waals surface area contributed by atoms with Crippen LogP contribution in [0.1, 0.15) is 24.0 Å². The van der Waals surface area contributed by atoms with E-state index in [1.165, 1.54) is 25.1 Å². The first kappa shape index (κ1) is 17.4. The Morgan fingerprint density at radius 3 is 2.54 bits per heavy atom. The van der Waals surface area contributed by atoms with E-state index in [4.69, 9.17) is 10.5 Å². The number of allylic oxidation sites excluding steroid dienone is 2. The average molecular weight is 338 g/mol. The predicted molar refractivity (Wildman–Crippen MR) is 76.8 cm³/mol. The lowest BCUT2D eigenvalue weighted by Crippen LogP contribution is -2.27. The molecule has 0 spiro atoms. The minimum Gasteiger partial charge on any atom is -0.465 e. The van der Waals surface area contributed by atoms with Gasteiger partial charge in [0.2, 0.25) is 5.88 Å². The molecule has 126 valence electrons. The maximum absolute atomic E-state index is 13.3. The summed E-state index contributed by atoms with van der Waals surface area (Å²) in [7, 11) is 1.06. The Morgan fingerprint density at radius 1 is 1.38 bits per heavy atom. The molecule has 2 rings (SSSR count). The first-order valence-electron chi connectivity index (χ1n) is 6.75. The summed E-state index contributed by atoms with van der Waals surface area (Å²) in [5.74, 6) is -2.64. The van der Waals surface area contributed by atoms with Gasteiger partial charge >= 0.3 is 12.1 Å². The fraction of sp³-hybridized carbons (Fsp3) is 0.250. The van der Waals surface area contributed by atoms with Crippen LogP contribution >= 0.6 is 0 Å². The zero-order valence-electron chi connectivity index (χ0n) is 12.8. The van der Waals surface area contributed by atoms with Crippen molar-refractivity contribution in [3.8, 4) is 6.07 Å². The highest BCUT2D eigenvalue weighted by atomic mass is 19.4. The van der Waals surface area contributed by atoms with Gasteiger partial charge in [-0.15, -0.1) is 0 Å². The smallest absolute Gasteiger partial charge is 0.416 e. The molecule has 0 aliphatic carbocycles. The molecule has 1 heterocycles. The molecule has 0 fully saturated rings. The number of hydrogen-bond donors (Lipinski definition) is 1. The van der Waals surface area contributed by atoms with Crippen molar-refractivity contribution in [1.29, 1.82) is 5.26 Å². The second-order valence-electron chi connectivity index (χ2n) is 4.97. The van der Waals surface area contributed by atoms with Crippen LogP contribution in [0, 0.1) is 11.3 Å². The largest absolute Gasteiger partial charge is 0.465 e. The lowest BCUT2D eigenvalue weighted by Gasteiger charge is -2.28. The van der Waals surface area contributed by atoms with Gasteiger partial charge in [-0.1, -0.05) is 18.2 Å². The molecule has 1 unspecified atom stereocenters. The maximum atomic E-state index is 13.3. The van der Waals surface area contributed by atoms with E-state index in [-0.39, 0.29) is 28.4 Å². The van der Waals surface area contributed by atoms with E-state index in [0.717, 1.165) is 13.2 Å². The number of esters is 1. The number of methoxy groups -OCH3 is 1. The van der Waals surface area contributed by atoms with Crippen molar-refractivity contribution in [2.75, 3.05) is 7.11 Å². The summed E-state index contributed by atoms with van der Waals surface area (Å²) < 4.78 is 49.8. The molecule has 5 nitrogen and oxygen atoms in total. The Balaban J connectivity index is 2.78. The monoisotopic (exact) mass is 338 g/mol. The summed E-state index contributed by atoms with van der Waals surface area (Å²) in [5.41, 5.74) is 3.97. The molecule has 1 aromatic rings. The van der Waals surface area contributed by atoms with Crippen molar-refractivity contribution < 1.29 is 27.4 Å². The summed E-state index contributed by atoms with van der Waals surface area (Å²) in [6.07, 6.45) is -4.67. The van der Waals surface area contributed by atoms with Crippen LogP contribution in [0.15, 0.2) is 47.1 Å².